The van der Waals surface area contributed by atoms with Crippen LogP contribution in [0.25, 0.3) is 0 Å². The molecule has 0 amide bonds. The molecule has 0 bridgehead atoms. The largest absolute Gasteiger partial charge is 0.487 e. The molecule has 0 heterocycles. The lowest BCUT2D eigenvalue weighted by Crippen LogP contribution is -2.21. The van der Waals surface area contributed by atoms with Gasteiger partial charge in [0.2, 0.25) is 0 Å². The first-order valence-electron chi connectivity index (χ1n) is 6.63. The van der Waals surface area contributed by atoms with Crippen LogP contribution in [0, 0.1) is 0 Å². The van der Waals surface area contributed by atoms with Gasteiger partial charge in [-0.15, -0.1) is 0 Å². The second kappa shape index (κ2) is 8.31. The summed E-state index contributed by atoms with van der Waals surface area (Å²) in [6.07, 6.45) is 0. The number of nitrogens with one attached hydrogen (secondary N) is 1. The molecule has 0 radical (unpaired) electrons. The highest BCUT2D eigenvalue weighted by molar-refractivity contribution is 9.11. The smallest absolute Gasteiger partial charge is 0.317 e. The Bertz CT molecular complexity index is 624. The number of carbonyl (C=O) groups is 1. The summed E-state index contributed by atoms with van der Waals surface area (Å²) in [6.45, 7) is 0.888. The van der Waals surface area contributed by atoms with Gasteiger partial charge in [0.1, 0.15) is 12.4 Å². The fraction of sp³-hybridized carbons (Fsp3) is 0.188. The number of halogens is 2. The predicted octanol–water partition coefficient (Wildman–Crippen LogP) is 3.96. The molecule has 0 saturated heterocycles. The molecule has 0 fully saturated rings. The van der Waals surface area contributed by atoms with Gasteiger partial charge in [-0.3, -0.25) is 4.79 Å². The number of rotatable bonds is 7. The maximum absolute atomic E-state index is 10.5. The second-order valence-corrected chi connectivity index (χ2v) is 6.37. The molecule has 0 aliphatic carbocycles. The summed E-state index contributed by atoms with van der Waals surface area (Å²) in [5.74, 6) is -0.146. The molecule has 0 aliphatic rings. The van der Waals surface area contributed by atoms with E-state index in [1.165, 1.54) is 0 Å². The van der Waals surface area contributed by atoms with Crippen molar-refractivity contribution in [2.45, 2.75) is 13.2 Å². The minimum absolute atomic E-state index is 0.0680. The quantitative estimate of drug-likeness (QED) is 0.700. The van der Waals surface area contributed by atoms with Crippen LogP contribution < -0.4 is 10.1 Å². The lowest BCUT2D eigenvalue weighted by Gasteiger charge is -2.12. The van der Waals surface area contributed by atoms with Crippen molar-refractivity contribution in [1.29, 1.82) is 0 Å². The standard InChI is InChI=1S/C16H15Br2NO3/c17-13-6-12(8-19-9-15(20)21)7-14(18)16(13)22-10-11-4-2-1-3-5-11/h1-7,19H,8-10H2,(H,20,21). The van der Waals surface area contributed by atoms with E-state index in [2.05, 4.69) is 37.2 Å². The number of hydrogen-bond donors (Lipinski definition) is 2. The summed E-state index contributed by atoms with van der Waals surface area (Å²) in [7, 11) is 0. The van der Waals surface area contributed by atoms with Crippen molar-refractivity contribution in [3.8, 4) is 5.75 Å². The summed E-state index contributed by atoms with van der Waals surface area (Å²) in [6, 6.07) is 13.8. The van der Waals surface area contributed by atoms with E-state index in [0.717, 1.165) is 25.8 Å². The lowest BCUT2D eigenvalue weighted by atomic mass is 10.2. The average molecular weight is 429 g/mol. The van der Waals surface area contributed by atoms with Gasteiger partial charge >= 0.3 is 5.97 Å². The molecule has 22 heavy (non-hydrogen) atoms. The molecule has 0 unspecified atom stereocenters. The first-order chi connectivity index (χ1) is 10.6. The Morgan fingerprint density at radius 1 is 1.09 bits per heavy atom. The highest BCUT2D eigenvalue weighted by atomic mass is 79.9. The van der Waals surface area contributed by atoms with Crippen molar-refractivity contribution in [2.75, 3.05) is 6.54 Å². The van der Waals surface area contributed by atoms with E-state index >= 15 is 0 Å². The van der Waals surface area contributed by atoms with Crippen LogP contribution in [0.1, 0.15) is 11.1 Å². The number of carboxylic acids is 1. The first kappa shape index (κ1) is 17.0. The molecule has 2 aromatic rings. The highest BCUT2D eigenvalue weighted by Gasteiger charge is 2.09. The van der Waals surface area contributed by atoms with Crippen LogP contribution in [0.3, 0.4) is 0 Å². The van der Waals surface area contributed by atoms with Crippen LogP contribution in [0.5, 0.6) is 5.75 Å². The van der Waals surface area contributed by atoms with E-state index < -0.39 is 5.97 Å². The zero-order valence-electron chi connectivity index (χ0n) is 11.7. The van der Waals surface area contributed by atoms with E-state index in [9.17, 15) is 4.79 Å². The molecule has 0 spiro atoms. The number of benzene rings is 2. The molecule has 2 rings (SSSR count). The van der Waals surface area contributed by atoms with Crippen LogP contribution in [0.4, 0.5) is 0 Å². The van der Waals surface area contributed by atoms with E-state index in [-0.39, 0.29) is 6.54 Å². The number of hydrogen-bond acceptors (Lipinski definition) is 3. The maximum atomic E-state index is 10.5. The molecule has 0 aliphatic heterocycles. The Labute approximate surface area is 145 Å². The molecule has 2 aromatic carbocycles. The van der Waals surface area contributed by atoms with E-state index in [1.807, 2.05) is 42.5 Å². The minimum atomic E-state index is -0.874. The maximum Gasteiger partial charge on any atom is 0.317 e. The molecule has 6 heteroatoms. The van der Waals surface area contributed by atoms with Gasteiger partial charge in [0.25, 0.3) is 0 Å². The molecule has 0 atom stereocenters. The normalized spacial score (nSPS) is 10.5. The Morgan fingerprint density at radius 3 is 2.32 bits per heavy atom. The highest BCUT2D eigenvalue weighted by Crippen LogP contribution is 2.35. The van der Waals surface area contributed by atoms with Gasteiger partial charge in [0, 0.05) is 6.54 Å². The Hall–Kier alpha value is -1.37. The fourth-order valence-electron chi connectivity index (χ4n) is 1.90. The van der Waals surface area contributed by atoms with Crippen molar-refractivity contribution in [3.63, 3.8) is 0 Å². The molecule has 4 nitrogen and oxygen atoms in total. The monoisotopic (exact) mass is 427 g/mol. The van der Waals surface area contributed by atoms with Gasteiger partial charge in [-0.2, -0.15) is 0 Å². The summed E-state index contributed by atoms with van der Waals surface area (Å²) in [5, 5.41) is 11.5. The van der Waals surface area contributed by atoms with Crippen molar-refractivity contribution < 1.29 is 14.6 Å². The van der Waals surface area contributed by atoms with E-state index in [0.29, 0.717) is 13.2 Å². The van der Waals surface area contributed by atoms with Crippen LogP contribution in [-0.2, 0) is 17.9 Å². The Kier molecular flexibility index (Phi) is 6.42. The zero-order chi connectivity index (χ0) is 15.9. The molecule has 0 aromatic heterocycles. The van der Waals surface area contributed by atoms with Gasteiger partial charge in [-0.05, 0) is 55.1 Å². The summed E-state index contributed by atoms with van der Waals surface area (Å²) in [5.41, 5.74) is 2.06. The van der Waals surface area contributed by atoms with Crippen LogP contribution in [0.2, 0.25) is 0 Å². The Morgan fingerprint density at radius 2 is 1.73 bits per heavy atom. The lowest BCUT2D eigenvalue weighted by molar-refractivity contribution is -0.135. The third-order valence-corrected chi connectivity index (χ3v) is 4.07. The summed E-state index contributed by atoms with van der Waals surface area (Å²) >= 11 is 6.99. The predicted molar refractivity (Wildman–Crippen MR) is 92.0 cm³/mol. The van der Waals surface area contributed by atoms with Crippen LogP contribution in [-0.4, -0.2) is 17.6 Å². The molecule has 2 N–H and O–H groups in total. The van der Waals surface area contributed by atoms with Gasteiger partial charge in [0.05, 0.1) is 15.5 Å². The molecule has 0 saturated carbocycles. The fourth-order valence-corrected chi connectivity index (χ4v) is 3.41. The summed E-state index contributed by atoms with van der Waals surface area (Å²) in [4.78, 5) is 10.5. The molecular formula is C16H15Br2NO3. The van der Waals surface area contributed by atoms with E-state index in [1.54, 1.807) is 0 Å². The molecule has 116 valence electrons. The van der Waals surface area contributed by atoms with E-state index in [4.69, 9.17) is 9.84 Å². The number of aliphatic carboxylic acids is 1. The third-order valence-electron chi connectivity index (χ3n) is 2.89. The van der Waals surface area contributed by atoms with Gasteiger partial charge in [-0.1, -0.05) is 30.3 Å². The Balaban J connectivity index is 2.01. The molecular weight excluding hydrogens is 414 g/mol. The minimum Gasteiger partial charge on any atom is -0.487 e. The SMILES string of the molecule is O=C(O)CNCc1cc(Br)c(OCc2ccccc2)c(Br)c1. The van der Waals surface area contributed by atoms with Crippen molar-refractivity contribution in [3.05, 3.63) is 62.5 Å². The summed E-state index contributed by atoms with van der Waals surface area (Å²) < 4.78 is 7.49. The topological polar surface area (TPSA) is 58.6 Å². The van der Waals surface area contributed by atoms with Crippen LogP contribution in [0.15, 0.2) is 51.4 Å². The van der Waals surface area contributed by atoms with Gasteiger partial charge in [-0.25, -0.2) is 0 Å². The van der Waals surface area contributed by atoms with Crippen molar-refractivity contribution >= 4 is 37.8 Å². The second-order valence-electron chi connectivity index (χ2n) is 4.66. The number of ether oxygens (including phenoxy) is 1. The zero-order valence-corrected chi connectivity index (χ0v) is 14.9. The average Bonchev–Trinajstić information content (AvgIpc) is 2.47. The third kappa shape index (κ3) is 5.12. The van der Waals surface area contributed by atoms with Crippen molar-refractivity contribution in [2.24, 2.45) is 0 Å². The van der Waals surface area contributed by atoms with Gasteiger partial charge < -0.3 is 15.2 Å². The van der Waals surface area contributed by atoms with Crippen molar-refractivity contribution in [1.82, 2.24) is 5.32 Å². The first-order valence-corrected chi connectivity index (χ1v) is 8.22. The van der Waals surface area contributed by atoms with Crippen LogP contribution >= 0.6 is 31.9 Å². The number of carboxylic acid groups (broad SMARTS) is 1. The van der Waals surface area contributed by atoms with Gasteiger partial charge in [0.15, 0.2) is 0 Å².